The number of piperidine rings is 1. The Bertz CT molecular complexity index is 691. The molecular formula is C16H21N5O3. The van der Waals surface area contributed by atoms with Gasteiger partial charge in [0.25, 0.3) is 11.6 Å². The molecule has 0 saturated carbocycles. The summed E-state index contributed by atoms with van der Waals surface area (Å²) in [7, 11) is 2.12. The van der Waals surface area contributed by atoms with Gasteiger partial charge in [-0.15, -0.1) is 0 Å². The minimum Gasteiger partial charge on any atom is -0.398 e. The molecule has 1 amide bonds. The number of carbonyl (C=O) groups excluding carboxylic acids is 1. The van der Waals surface area contributed by atoms with E-state index in [9.17, 15) is 14.9 Å². The number of hydrogen-bond acceptors (Lipinski definition) is 6. The summed E-state index contributed by atoms with van der Waals surface area (Å²) in [5.74, 6) is -0.531. The highest BCUT2D eigenvalue weighted by molar-refractivity contribution is 6.45. The Morgan fingerprint density at radius 2 is 2.00 bits per heavy atom. The summed E-state index contributed by atoms with van der Waals surface area (Å²) >= 11 is 0. The summed E-state index contributed by atoms with van der Waals surface area (Å²) in [4.78, 5) is 25.1. The van der Waals surface area contributed by atoms with E-state index in [4.69, 9.17) is 11.1 Å². The number of carbonyl (C=O) groups is 1. The van der Waals surface area contributed by atoms with Crippen molar-refractivity contribution in [2.75, 3.05) is 12.8 Å². The van der Waals surface area contributed by atoms with E-state index in [1.165, 1.54) is 18.2 Å². The topological polar surface area (TPSA) is 125 Å². The second-order valence-corrected chi connectivity index (χ2v) is 6.60. The number of nitro benzene ring substituents is 1. The molecule has 0 aliphatic carbocycles. The Hall–Kier alpha value is -2.48. The predicted molar refractivity (Wildman–Crippen MR) is 90.1 cm³/mol. The highest BCUT2D eigenvalue weighted by atomic mass is 16.6. The van der Waals surface area contributed by atoms with Gasteiger partial charge in [0.2, 0.25) is 0 Å². The van der Waals surface area contributed by atoms with Crippen molar-refractivity contribution in [3.63, 3.8) is 0 Å². The van der Waals surface area contributed by atoms with E-state index in [1.807, 2.05) is 0 Å². The second-order valence-electron chi connectivity index (χ2n) is 6.60. The molecule has 2 saturated heterocycles. The van der Waals surface area contributed by atoms with Gasteiger partial charge in [-0.1, -0.05) is 0 Å². The van der Waals surface area contributed by atoms with Crippen LogP contribution in [0, 0.1) is 15.5 Å². The largest absolute Gasteiger partial charge is 0.398 e. The summed E-state index contributed by atoms with van der Waals surface area (Å²) in [6, 6.07) is 4.78. The molecule has 1 aromatic carbocycles. The van der Waals surface area contributed by atoms with E-state index in [-0.39, 0.29) is 28.7 Å². The Kier molecular flexibility index (Phi) is 4.23. The zero-order valence-corrected chi connectivity index (χ0v) is 13.5. The first-order chi connectivity index (χ1) is 11.4. The van der Waals surface area contributed by atoms with Crippen LogP contribution in [-0.4, -0.2) is 46.6 Å². The van der Waals surface area contributed by atoms with Gasteiger partial charge in [0.15, 0.2) is 0 Å². The van der Waals surface area contributed by atoms with Crippen molar-refractivity contribution in [1.82, 2.24) is 10.2 Å². The number of nitrogens with zero attached hydrogens (tertiary/aromatic N) is 2. The van der Waals surface area contributed by atoms with Crippen LogP contribution in [0.25, 0.3) is 0 Å². The molecule has 128 valence electrons. The lowest BCUT2D eigenvalue weighted by Gasteiger charge is -2.36. The fraction of sp³-hybridized carbons (Fsp3) is 0.500. The number of benzene rings is 1. The minimum atomic E-state index is -0.567. The van der Waals surface area contributed by atoms with Crippen LogP contribution in [0.2, 0.25) is 0 Å². The highest BCUT2D eigenvalue weighted by Crippen LogP contribution is 2.34. The van der Waals surface area contributed by atoms with Gasteiger partial charge in [0, 0.05) is 41.5 Å². The van der Waals surface area contributed by atoms with Crippen LogP contribution < -0.4 is 11.1 Å². The predicted octanol–water partition coefficient (Wildman–Crippen LogP) is 1.29. The first kappa shape index (κ1) is 16.4. The highest BCUT2D eigenvalue weighted by Gasteiger charge is 2.39. The molecule has 8 nitrogen and oxygen atoms in total. The maximum Gasteiger partial charge on any atom is 0.270 e. The van der Waals surface area contributed by atoms with Crippen molar-refractivity contribution in [3.8, 4) is 0 Å². The third-order valence-corrected chi connectivity index (χ3v) is 5.18. The molecule has 0 spiro atoms. The Morgan fingerprint density at radius 3 is 2.58 bits per heavy atom. The normalized spacial score (nSPS) is 26.1. The summed E-state index contributed by atoms with van der Waals surface area (Å²) in [6.07, 6.45) is 4.03. The molecule has 2 atom stereocenters. The van der Waals surface area contributed by atoms with Crippen molar-refractivity contribution in [2.24, 2.45) is 0 Å². The van der Waals surface area contributed by atoms with Gasteiger partial charge in [0.1, 0.15) is 5.71 Å². The number of anilines is 1. The molecule has 1 aromatic rings. The number of nitrogen functional groups attached to an aromatic ring is 1. The molecule has 2 aliphatic heterocycles. The number of rotatable bonds is 4. The molecule has 24 heavy (non-hydrogen) atoms. The second kappa shape index (κ2) is 6.20. The van der Waals surface area contributed by atoms with Crippen molar-refractivity contribution in [2.45, 2.75) is 43.8 Å². The number of hydrogen-bond donors (Lipinski definition) is 3. The summed E-state index contributed by atoms with van der Waals surface area (Å²) in [6.45, 7) is 0. The van der Waals surface area contributed by atoms with E-state index in [0.717, 1.165) is 25.7 Å². The molecule has 2 heterocycles. The number of fused-ring (bicyclic) bond motifs is 2. The van der Waals surface area contributed by atoms with E-state index in [2.05, 4.69) is 17.3 Å². The van der Waals surface area contributed by atoms with Gasteiger partial charge in [-0.05, 0) is 38.8 Å². The van der Waals surface area contributed by atoms with Crippen LogP contribution >= 0.6 is 0 Å². The van der Waals surface area contributed by atoms with E-state index in [1.54, 1.807) is 0 Å². The zero-order chi connectivity index (χ0) is 17.4. The number of nitro groups is 1. The summed E-state index contributed by atoms with van der Waals surface area (Å²) in [5.41, 5.74) is 5.55. The average molecular weight is 331 g/mol. The van der Waals surface area contributed by atoms with Crippen LogP contribution in [0.3, 0.4) is 0 Å². The monoisotopic (exact) mass is 331 g/mol. The van der Waals surface area contributed by atoms with Crippen LogP contribution in [-0.2, 0) is 4.79 Å². The molecule has 3 rings (SSSR count). The molecule has 2 unspecified atom stereocenters. The van der Waals surface area contributed by atoms with Gasteiger partial charge < -0.3 is 16.0 Å². The van der Waals surface area contributed by atoms with Crippen LogP contribution in [0.5, 0.6) is 0 Å². The Morgan fingerprint density at radius 1 is 1.38 bits per heavy atom. The number of non-ortho nitro benzene ring substituents is 1. The van der Waals surface area contributed by atoms with Gasteiger partial charge in [-0.3, -0.25) is 20.3 Å². The molecule has 2 aliphatic rings. The van der Waals surface area contributed by atoms with E-state index >= 15 is 0 Å². The van der Waals surface area contributed by atoms with Gasteiger partial charge in [-0.2, -0.15) is 0 Å². The Labute approximate surface area is 139 Å². The summed E-state index contributed by atoms with van der Waals surface area (Å²) < 4.78 is 0. The fourth-order valence-electron chi connectivity index (χ4n) is 3.78. The van der Waals surface area contributed by atoms with E-state index < -0.39 is 10.8 Å². The number of nitrogens with one attached hydrogen (secondary N) is 2. The standard InChI is InChI=1S/C16H21N5O3/c1-20-10-2-3-11(20)7-9(6-10)19-16(22)15(18)13-8-12(21(23)24)4-5-14(13)17/h4-5,8-11,18H,2-3,6-7,17H2,1H3,(H,19,22). The third kappa shape index (κ3) is 2.96. The molecule has 8 heteroatoms. The quantitative estimate of drug-likeness (QED) is 0.332. The molecular weight excluding hydrogens is 310 g/mol. The van der Waals surface area contributed by atoms with Gasteiger partial charge >= 0.3 is 0 Å². The van der Waals surface area contributed by atoms with Crippen LogP contribution in [0.1, 0.15) is 31.2 Å². The maximum absolute atomic E-state index is 12.4. The molecule has 0 aromatic heterocycles. The molecule has 2 fully saturated rings. The number of nitrogens with two attached hydrogens (primary N) is 1. The van der Waals surface area contributed by atoms with E-state index in [0.29, 0.717) is 12.1 Å². The third-order valence-electron chi connectivity index (χ3n) is 5.18. The minimum absolute atomic E-state index is 0.0338. The van der Waals surface area contributed by atoms with Crippen molar-refractivity contribution in [3.05, 3.63) is 33.9 Å². The van der Waals surface area contributed by atoms with Crippen molar-refractivity contribution >= 4 is 23.0 Å². The average Bonchev–Trinajstić information content (AvgIpc) is 2.75. The first-order valence-corrected chi connectivity index (χ1v) is 8.02. The lowest BCUT2D eigenvalue weighted by Crippen LogP contribution is -2.50. The SMILES string of the molecule is CN1C2CCC1CC(NC(=O)C(=N)c1cc([N+](=O)[O-])ccc1N)C2. The molecule has 0 radical (unpaired) electrons. The maximum atomic E-state index is 12.4. The fourth-order valence-corrected chi connectivity index (χ4v) is 3.78. The van der Waals surface area contributed by atoms with Gasteiger partial charge in [-0.25, -0.2) is 0 Å². The smallest absolute Gasteiger partial charge is 0.270 e. The molecule has 4 N–H and O–H groups in total. The van der Waals surface area contributed by atoms with Crippen molar-refractivity contribution in [1.29, 1.82) is 5.41 Å². The van der Waals surface area contributed by atoms with Gasteiger partial charge in [0.05, 0.1) is 4.92 Å². The lowest BCUT2D eigenvalue weighted by molar-refractivity contribution is -0.384. The first-order valence-electron chi connectivity index (χ1n) is 8.02. The van der Waals surface area contributed by atoms with Crippen molar-refractivity contribution < 1.29 is 9.72 Å². The zero-order valence-electron chi connectivity index (χ0n) is 13.5. The van der Waals surface area contributed by atoms with Crippen LogP contribution in [0.15, 0.2) is 18.2 Å². The summed E-state index contributed by atoms with van der Waals surface area (Å²) in [5, 5.41) is 21.8. The lowest BCUT2D eigenvalue weighted by atomic mass is 9.97. The van der Waals surface area contributed by atoms with Crippen LogP contribution in [0.4, 0.5) is 11.4 Å². The number of amides is 1. The Balaban J connectivity index is 1.70. The molecule has 2 bridgehead atoms.